The van der Waals surface area contributed by atoms with Gasteiger partial charge in [-0.05, 0) is 23.6 Å². The van der Waals surface area contributed by atoms with E-state index >= 15 is 0 Å². The number of piperidine rings is 1. The zero-order valence-corrected chi connectivity index (χ0v) is 14.6. The van der Waals surface area contributed by atoms with Crippen LogP contribution in [0.15, 0.2) is 42.0 Å². The van der Waals surface area contributed by atoms with Crippen LogP contribution >= 0.6 is 11.3 Å². The smallest absolute Gasteiger partial charge is 0.348 e. The zero-order valence-electron chi connectivity index (χ0n) is 13.8. The van der Waals surface area contributed by atoms with E-state index in [0.29, 0.717) is 13.1 Å². The molecule has 0 saturated carbocycles. The highest BCUT2D eigenvalue weighted by atomic mass is 32.1. The summed E-state index contributed by atoms with van der Waals surface area (Å²) in [6.07, 6.45) is 2.07. The van der Waals surface area contributed by atoms with E-state index in [-0.39, 0.29) is 18.6 Å². The maximum Gasteiger partial charge on any atom is 0.348 e. The van der Waals surface area contributed by atoms with Gasteiger partial charge in [-0.3, -0.25) is 0 Å². The molecule has 1 aliphatic heterocycles. The third kappa shape index (κ3) is 2.96. The highest BCUT2D eigenvalue weighted by Crippen LogP contribution is 2.34. The summed E-state index contributed by atoms with van der Waals surface area (Å²) in [6, 6.07) is 7.54. The number of thiophene rings is 1. The van der Waals surface area contributed by atoms with Crippen LogP contribution in [0.2, 0.25) is 0 Å². The van der Waals surface area contributed by atoms with Gasteiger partial charge in [0.15, 0.2) is 0 Å². The van der Waals surface area contributed by atoms with Crippen molar-refractivity contribution in [1.82, 2.24) is 9.97 Å². The second kappa shape index (κ2) is 6.53. The summed E-state index contributed by atoms with van der Waals surface area (Å²) < 4.78 is 19.1. The zero-order chi connectivity index (χ0) is 18.1. The van der Waals surface area contributed by atoms with Gasteiger partial charge in [-0.1, -0.05) is 6.07 Å². The SMILES string of the molecule is O=C(O)C1(Oc2cccc(F)c2)CCN(c2ncnc3sccc23)CC1. The van der Waals surface area contributed by atoms with E-state index in [1.807, 2.05) is 16.3 Å². The van der Waals surface area contributed by atoms with Crippen molar-refractivity contribution in [3.63, 3.8) is 0 Å². The molecule has 0 spiro atoms. The molecule has 2 aromatic heterocycles. The molecule has 0 unspecified atom stereocenters. The van der Waals surface area contributed by atoms with Crippen LogP contribution in [0.3, 0.4) is 0 Å². The second-order valence-corrected chi connectivity index (χ2v) is 7.08. The molecule has 26 heavy (non-hydrogen) atoms. The molecule has 1 saturated heterocycles. The van der Waals surface area contributed by atoms with E-state index in [1.54, 1.807) is 17.4 Å². The lowest BCUT2D eigenvalue weighted by Crippen LogP contribution is -2.53. The van der Waals surface area contributed by atoms with Crippen molar-refractivity contribution in [3.8, 4) is 5.75 Å². The van der Waals surface area contributed by atoms with Crippen molar-refractivity contribution in [2.75, 3.05) is 18.0 Å². The first-order chi connectivity index (χ1) is 12.6. The Morgan fingerprint density at radius 1 is 1.27 bits per heavy atom. The summed E-state index contributed by atoms with van der Waals surface area (Å²) in [5.41, 5.74) is -1.37. The van der Waals surface area contributed by atoms with E-state index in [9.17, 15) is 14.3 Å². The van der Waals surface area contributed by atoms with Gasteiger partial charge in [0, 0.05) is 32.0 Å². The predicted octanol–water partition coefficient (Wildman–Crippen LogP) is 3.33. The number of hydrogen-bond acceptors (Lipinski definition) is 6. The first kappa shape index (κ1) is 16.7. The molecule has 8 heteroatoms. The Labute approximate surface area is 152 Å². The lowest BCUT2D eigenvalue weighted by atomic mass is 9.91. The normalized spacial score (nSPS) is 16.6. The van der Waals surface area contributed by atoms with E-state index in [4.69, 9.17) is 4.74 Å². The van der Waals surface area contributed by atoms with Gasteiger partial charge >= 0.3 is 5.97 Å². The molecule has 134 valence electrons. The summed E-state index contributed by atoms with van der Waals surface area (Å²) in [7, 11) is 0. The monoisotopic (exact) mass is 373 g/mol. The lowest BCUT2D eigenvalue weighted by molar-refractivity contribution is -0.157. The van der Waals surface area contributed by atoms with Crippen LogP contribution in [0.25, 0.3) is 10.2 Å². The fourth-order valence-electron chi connectivity index (χ4n) is 3.22. The molecule has 1 fully saturated rings. The molecule has 6 nitrogen and oxygen atoms in total. The van der Waals surface area contributed by atoms with E-state index in [2.05, 4.69) is 9.97 Å². The minimum atomic E-state index is -1.37. The molecule has 0 atom stereocenters. The topological polar surface area (TPSA) is 75.6 Å². The number of rotatable bonds is 4. The Hall–Kier alpha value is -2.74. The van der Waals surface area contributed by atoms with Crippen molar-refractivity contribution < 1.29 is 19.0 Å². The Bertz CT molecular complexity index is 954. The fraction of sp³-hybridized carbons (Fsp3) is 0.278. The minimum Gasteiger partial charge on any atom is -0.478 e. The highest BCUT2D eigenvalue weighted by Gasteiger charge is 2.44. The molecule has 1 aromatic carbocycles. The van der Waals surface area contributed by atoms with Gasteiger partial charge in [0.05, 0.1) is 5.39 Å². The van der Waals surface area contributed by atoms with Crippen molar-refractivity contribution in [2.24, 2.45) is 0 Å². The Morgan fingerprint density at radius 2 is 2.08 bits per heavy atom. The number of aliphatic carboxylic acids is 1. The van der Waals surface area contributed by atoms with Crippen molar-refractivity contribution in [3.05, 3.63) is 47.9 Å². The van der Waals surface area contributed by atoms with Crippen LogP contribution in [0.4, 0.5) is 10.2 Å². The first-order valence-corrected chi connectivity index (χ1v) is 9.06. The maximum atomic E-state index is 13.4. The van der Waals surface area contributed by atoms with Gasteiger partial charge < -0.3 is 14.7 Å². The van der Waals surface area contributed by atoms with Gasteiger partial charge in [-0.2, -0.15) is 0 Å². The Kier molecular flexibility index (Phi) is 4.20. The average molecular weight is 373 g/mol. The largest absolute Gasteiger partial charge is 0.478 e. The van der Waals surface area contributed by atoms with Crippen molar-refractivity contribution >= 4 is 33.3 Å². The van der Waals surface area contributed by atoms with Crippen molar-refractivity contribution in [2.45, 2.75) is 18.4 Å². The molecule has 0 radical (unpaired) electrons. The molecular weight excluding hydrogens is 357 g/mol. The summed E-state index contributed by atoms with van der Waals surface area (Å²) in [6.45, 7) is 0.952. The number of halogens is 1. The van der Waals surface area contributed by atoms with Gasteiger partial charge in [0.25, 0.3) is 0 Å². The number of aromatic nitrogens is 2. The van der Waals surface area contributed by atoms with Crippen LogP contribution in [0, 0.1) is 5.82 Å². The average Bonchev–Trinajstić information content (AvgIpc) is 3.11. The molecule has 3 aromatic rings. The minimum absolute atomic E-state index is 0.225. The highest BCUT2D eigenvalue weighted by molar-refractivity contribution is 7.16. The number of carboxylic acids is 1. The molecule has 3 heterocycles. The summed E-state index contributed by atoms with van der Waals surface area (Å²) in [4.78, 5) is 23.5. The quantitative estimate of drug-likeness (QED) is 0.756. The van der Waals surface area contributed by atoms with Crippen LogP contribution in [-0.2, 0) is 4.79 Å². The van der Waals surface area contributed by atoms with Gasteiger partial charge in [0.2, 0.25) is 5.60 Å². The van der Waals surface area contributed by atoms with Crippen LogP contribution in [0.1, 0.15) is 12.8 Å². The number of ether oxygens (including phenoxy) is 1. The molecule has 4 rings (SSSR count). The maximum absolute atomic E-state index is 13.4. The Morgan fingerprint density at radius 3 is 2.81 bits per heavy atom. The molecule has 1 N–H and O–H groups in total. The number of benzene rings is 1. The molecule has 1 aliphatic rings. The van der Waals surface area contributed by atoms with Gasteiger partial charge in [-0.15, -0.1) is 11.3 Å². The lowest BCUT2D eigenvalue weighted by Gasteiger charge is -2.39. The van der Waals surface area contributed by atoms with Crippen LogP contribution in [-0.4, -0.2) is 39.7 Å². The molecule has 0 aliphatic carbocycles. The first-order valence-electron chi connectivity index (χ1n) is 8.18. The number of carboxylic acid groups (broad SMARTS) is 1. The number of fused-ring (bicyclic) bond motifs is 1. The number of nitrogens with zero attached hydrogens (tertiary/aromatic N) is 3. The van der Waals surface area contributed by atoms with Crippen LogP contribution < -0.4 is 9.64 Å². The Balaban J connectivity index is 1.56. The second-order valence-electron chi connectivity index (χ2n) is 6.18. The van der Waals surface area contributed by atoms with Crippen LogP contribution in [0.5, 0.6) is 5.75 Å². The van der Waals surface area contributed by atoms with E-state index in [0.717, 1.165) is 16.0 Å². The number of carbonyl (C=O) groups is 1. The summed E-state index contributed by atoms with van der Waals surface area (Å²) >= 11 is 1.54. The molecule has 0 bridgehead atoms. The number of anilines is 1. The van der Waals surface area contributed by atoms with E-state index in [1.165, 1.54) is 24.5 Å². The van der Waals surface area contributed by atoms with Gasteiger partial charge in [0.1, 0.15) is 28.5 Å². The molecular formula is C18H16FN3O3S. The predicted molar refractivity (Wildman–Crippen MR) is 96.3 cm³/mol. The van der Waals surface area contributed by atoms with Gasteiger partial charge in [-0.25, -0.2) is 19.2 Å². The summed E-state index contributed by atoms with van der Waals surface area (Å²) in [5, 5.41) is 12.7. The fourth-order valence-corrected chi connectivity index (χ4v) is 3.95. The third-order valence-corrected chi connectivity index (χ3v) is 5.43. The number of hydrogen-bond donors (Lipinski definition) is 1. The van der Waals surface area contributed by atoms with Crippen molar-refractivity contribution in [1.29, 1.82) is 0 Å². The van der Waals surface area contributed by atoms with E-state index < -0.39 is 17.4 Å². The standard InChI is InChI=1S/C18H16FN3O3S/c19-12-2-1-3-13(10-12)25-18(17(23)24)5-7-22(8-6-18)15-14-4-9-26-16(14)21-11-20-15/h1-4,9-11H,5-8H2,(H,23,24). The third-order valence-electron chi connectivity index (χ3n) is 4.61. The summed E-state index contributed by atoms with van der Waals surface area (Å²) in [5.74, 6) is -0.463. The molecule has 0 amide bonds.